The van der Waals surface area contributed by atoms with Crippen molar-refractivity contribution in [2.75, 3.05) is 5.75 Å². The quantitative estimate of drug-likeness (QED) is 0.365. The Morgan fingerprint density at radius 2 is 1.78 bits per heavy atom. The van der Waals surface area contributed by atoms with Crippen LogP contribution in [0.3, 0.4) is 0 Å². The van der Waals surface area contributed by atoms with Crippen LogP contribution in [0.2, 0.25) is 0 Å². The maximum atomic E-state index is 12.1. The van der Waals surface area contributed by atoms with Crippen LogP contribution in [0.25, 0.3) is 26.7 Å². The molecule has 1 amide bonds. The first kappa shape index (κ1) is 17.6. The first-order valence-electron chi connectivity index (χ1n) is 8.40. The van der Waals surface area contributed by atoms with E-state index in [0.29, 0.717) is 5.70 Å². The summed E-state index contributed by atoms with van der Waals surface area (Å²) >= 11 is 3.02. The van der Waals surface area contributed by atoms with E-state index in [1.807, 2.05) is 54.6 Å². The zero-order valence-corrected chi connectivity index (χ0v) is 16.1. The number of nitrogens with zero attached hydrogens (tertiary/aromatic N) is 1. The number of fused-ring (bicyclic) bond motifs is 2. The maximum Gasteiger partial charge on any atom is 0.248 e. The lowest BCUT2D eigenvalue weighted by molar-refractivity contribution is -0.119. The van der Waals surface area contributed by atoms with E-state index < -0.39 is 0 Å². The number of aromatic nitrogens is 1. The Bertz CT molecular complexity index is 1100. The normalized spacial score (nSPS) is 10.8. The van der Waals surface area contributed by atoms with E-state index in [4.69, 9.17) is 0 Å². The van der Waals surface area contributed by atoms with E-state index in [9.17, 15) is 4.79 Å². The molecule has 3 aromatic carbocycles. The molecule has 0 aliphatic rings. The van der Waals surface area contributed by atoms with Gasteiger partial charge in [-0.25, -0.2) is 4.98 Å². The smallest absolute Gasteiger partial charge is 0.248 e. The lowest BCUT2D eigenvalue weighted by Gasteiger charge is -2.11. The molecule has 0 spiro atoms. The Kier molecular flexibility index (Phi) is 5.09. The number of thioether (sulfide) groups is 1. The van der Waals surface area contributed by atoms with Gasteiger partial charge in [0.15, 0.2) is 4.34 Å². The minimum Gasteiger partial charge on any atom is -0.299 e. The summed E-state index contributed by atoms with van der Waals surface area (Å²) in [5, 5.41) is 2.31. The molecular weight excluding hydrogens is 374 g/mol. The summed E-state index contributed by atoms with van der Waals surface area (Å²) in [6.45, 7) is 4.01. The minimum absolute atomic E-state index is 0.124. The van der Waals surface area contributed by atoms with E-state index in [2.05, 4.69) is 34.5 Å². The number of nitrogens with one attached hydrogen (secondary N) is 2. The number of rotatable bonds is 6. The van der Waals surface area contributed by atoms with Crippen LogP contribution in [0.4, 0.5) is 0 Å². The third-order valence-electron chi connectivity index (χ3n) is 4.05. The molecule has 0 bridgehead atoms. The van der Waals surface area contributed by atoms with Crippen LogP contribution in [0.5, 0.6) is 0 Å². The molecule has 2 N–H and O–H groups in total. The first-order valence-corrected chi connectivity index (χ1v) is 10.2. The molecule has 4 nitrogen and oxygen atoms in total. The zero-order valence-electron chi connectivity index (χ0n) is 14.4. The number of amides is 1. The zero-order chi connectivity index (χ0) is 18.6. The van der Waals surface area contributed by atoms with Crippen molar-refractivity contribution < 1.29 is 4.79 Å². The third kappa shape index (κ3) is 4.13. The Hall–Kier alpha value is -2.83. The lowest BCUT2D eigenvalue weighted by Crippen LogP contribution is -2.37. The van der Waals surface area contributed by atoms with Crippen LogP contribution in [-0.4, -0.2) is 16.6 Å². The SMILES string of the molecule is C=C(NNC(=O)CSc1nc2ccccc2s1)c1ccc2ccccc2c1. The highest BCUT2D eigenvalue weighted by Crippen LogP contribution is 2.29. The fourth-order valence-corrected chi connectivity index (χ4v) is 4.54. The van der Waals surface area contributed by atoms with Crippen molar-refractivity contribution in [2.24, 2.45) is 0 Å². The van der Waals surface area contributed by atoms with Crippen molar-refractivity contribution in [3.63, 3.8) is 0 Å². The number of hydrogen-bond acceptors (Lipinski definition) is 5. The van der Waals surface area contributed by atoms with E-state index >= 15 is 0 Å². The Labute approximate surface area is 165 Å². The number of hydrazine groups is 1. The van der Waals surface area contributed by atoms with Gasteiger partial charge < -0.3 is 0 Å². The summed E-state index contributed by atoms with van der Waals surface area (Å²) in [5.74, 6) is 0.166. The maximum absolute atomic E-state index is 12.1. The van der Waals surface area contributed by atoms with Crippen LogP contribution in [-0.2, 0) is 4.79 Å². The number of benzene rings is 3. The number of hydrogen-bond donors (Lipinski definition) is 2. The fourth-order valence-electron chi connectivity index (χ4n) is 2.67. The number of carbonyl (C=O) groups excluding carboxylic acids is 1. The molecule has 4 rings (SSSR count). The van der Waals surface area contributed by atoms with Crippen LogP contribution in [0, 0.1) is 0 Å². The highest BCUT2D eigenvalue weighted by Gasteiger charge is 2.08. The standard InChI is InChI=1S/C21H17N3OS2/c1-14(16-11-10-15-6-2-3-7-17(15)12-16)23-24-20(25)13-26-21-22-18-8-4-5-9-19(18)27-21/h2-12,23H,1,13H2,(H,24,25). The number of thiazole rings is 1. The third-order valence-corrected chi connectivity index (χ3v) is 6.23. The van der Waals surface area contributed by atoms with Crippen molar-refractivity contribution >= 4 is 55.7 Å². The van der Waals surface area contributed by atoms with Crippen molar-refractivity contribution in [1.82, 2.24) is 15.8 Å². The largest absolute Gasteiger partial charge is 0.299 e. The van der Waals surface area contributed by atoms with Gasteiger partial charge in [0.1, 0.15) is 0 Å². The topological polar surface area (TPSA) is 54.0 Å². The highest BCUT2D eigenvalue weighted by atomic mass is 32.2. The van der Waals surface area contributed by atoms with Gasteiger partial charge in [0.2, 0.25) is 5.91 Å². The summed E-state index contributed by atoms with van der Waals surface area (Å²) in [5.41, 5.74) is 8.16. The van der Waals surface area contributed by atoms with E-state index in [1.165, 1.54) is 17.1 Å². The molecule has 4 aromatic rings. The van der Waals surface area contributed by atoms with Crippen LogP contribution < -0.4 is 10.9 Å². The van der Waals surface area contributed by atoms with Gasteiger partial charge in [-0.15, -0.1) is 11.3 Å². The summed E-state index contributed by atoms with van der Waals surface area (Å²) in [6, 6.07) is 22.2. The number of carbonyl (C=O) groups is 1. The predicted octanol–water partition coefficient (Wildman–Crippen LogP) is 4.83. The molecule has 134 valence electrons. The van der Waals surface area contributed by atoms with Crippen molar-refractivity contribution in [3.8, 4) is 0 Å². The highest BCUT2D eigenvalue weighted by molar-refractivity contribution is 8.01. The average molecular weight is 392 g/mol. The second-order valence-corrected chi connectivity index (χ2v) is 8.20. The van der Waals surface area contributed by atoms with Gasteiger partial charge in [-0.1, -0.05) is 66.9 Å². The van der Waals surface area contributed by atoms with Gasteiger partial charge in [-0.3, -0.25) is 15.6 Å². The van der Waals surface area contributed by atoms with Gasteiger partial charge in [-0.2, -0.15) is 0 Å². The van der Waals surface area contributed by atoms with Gasteiger partial charge >= 0.3 is 0 Å². The summed E-state index contributed by atoms with van der Waals surface area (Å²) in [7, 11) is 0. The molecule has 0 saturated carbocycles. The molecule has 6 heteroatoms. The van der Waals surface area contributed by atoms with E-state index in [1.54, 1.807) is 11.3 Å². The van der Waals surface area contributed by atoms with E-state index in [0.717, 1.165) is 25.5 Å². The van der Waals surface area contributed by atoms with Gasteiger partial charge in [-0.05, 0) is 34.5 Å². The Morgan fingerprint density at radius 3 is 2.63 bits per heavy atom. The molecule has 0 atom stereocenters. The Morgan fingerprint density at radius 1 is 1.00 bits per heavy atom. The fraction of sp³-hybridized carbons (Fsp3) is 0.0476. The molecule has 27 heavy (non-hydrogen) atoms. The predicted molar refractivity (Wildman–Crippen MR) is 115 cm³/mol. The van der Waals surface area contributed by atoms with Crippen LogP contribution in [0.15, 0.2) is 77.6 Å². The van der Waals surface area contributed by atoms with Crippen molar-refractivity contribution in [3.05, 3.63) is 78.9 Å². The number of para-hydroxylation sites is 1. The molecule has 0 unspecified atom stereocenters. The van der Waals surface area contributed by atoms with Gasteiger partial charge in [0.05, 0.1) is 21.7 Å². The van der Waals surface area contributed by atoms with Crippen LogP contribution >= 0.6 is 23.1 Å². The molecule has 0 aliphatic carbocycles. The summed E-state index contributed by atoms with van der Waals surface area (Å²) in [6.07, 6.45) is 0. The lowest BCUT2D eigenvalue weighted by atomic mass is 10.1. The molecule has 1 aromatic heterocycles. The second kappa shape index (κ2) is 7.82. The van der Waals surface area contributed by atoms with Crippen molar-refractivity contribution in [1.29, 1.82) is 0 Å². The van der Waals surface area contributed by atoms with Gasteiger partial charge in [0, 0.05) is 0 Å². The molecule has 0 radical (unpaired) electrons. The molecule has 0 saturated heterocycles. The molecule has 0 aliphatic heterocycles. The van der Waals surface area contributed by atoms with Crippen LogP contribution in [0.1, 0.15) is 5.56 Å². The molecule has 1 heterocycles. The van der Waals surface area contributed by atoms with Gasteiger partial charge in [0.25, 0.3) is 0 Å². The van der Waals surface area contributed by atoms with E-state index in [-0.39, 0.29) is 11.7 Å². The average Bonchev–Trinajstić information content (AvgIpc) is 3.13. The van der Waals surface area contributed by atoms with Crippen molar-refractivity contribution in [2.45, 2.75) is 4.34 Å². The summed E-state index contributed by atoms with van der Waals surface area (Å²) in [4.78, 5) is 16.6. The minimum atomic E-state index is -0.124. The Balaban J connectivity index is 1.32. The molecular formula is C21H17N3OS2. The second-order valence-electron chi connectivity index (χ2n) is 5.95. The molecule has 0 fully saturated rings. The first-order chi connectivity index (χ1) is 13.2. The summed E-state index contributed by atoms with van der Waals surface area (Å²) < 4.78 is 2.02. The monoisotopic (exact) mass is 391 g/mol.